The average Bonchev–Trinajstić information content (AvgIpc) is 3.40. The lowest BCUT2D eigenvalue weighted by Crippen LogP contribution is -2.35. The predicted octanol–water partition coefficient (Wildman–Crippen LogP) is 5.42. The van der Waals surface area contributed by atoms with Crippen LogP contribution in [0.15, 0.2) is 82.5 Å². The fourth-order valence-electron chi connectivity index (χ4n) is 4.18. The number of aryl methyl sites for hydroxylation is 1. The van der Waals surface area contributed by atoms with Crippen molar-refractivity contribution in [1.29, 1.82) is 0 Å². The molecule has 2 aromatic heterocycles. The van der Waals surface area contributed by atoms with E-state index in [-0.39, 0.29) is 0 Å². The molecule has 0 radical (unpaired) electrons. The average molecular weight is 468 g/mol. The van der Waals surface area contributed by atoms with Crippen molar-refractivity contribution in [2.75, 3.05) is 28.7 Å². The summed E-state index contributed by atoms with van der Waals surface area (Å²) in [5.74, 6) is 2.80. The molecule has 8 nitrogen and oxygen atoms in total. The minimum absolute atomic E-state index is 0.374. The zero-order valence-electron chi connectivity index (χ0n) is 19.8. The lowest BCUT2D eigenvalue weighted by molar-refractivity contribution is 0.400. The second-order valence-corrected chi connectivity index (χ2v) is 8.78. The molecule has 2 N–H and O–H groups in total. The molecule has 8 heteroatoms. The molecule has 0 aliphatic carbocycles. The Bertz CT molecular complexity index is 1230. The molecule has 178 valence electrons. The van der Waals surface area contributed by atoms with E-state index in [1.807, 2.05) is 24.3 Å². The number of furan rings is 1. The second-order valence-electron chi connectivity index (χ2n) is 8.78. The summed E-state index contributed by atoms with van der Waals surface area (Å²) < 4.78 is 5.29. The van der Waals surface area contributed by atoms with Gasteiger partial charge in [-0.2, -0.15) is 20.1 Å². The molecule has 5 rings (SSSR count). The van der Waals surface area contributed by atoms with Gasteiger partial charge in [0.1, 0.15) is 5.76 Å². The van der Waals surface area contributed by atoms with Gasteiger partial charge >= 0.3 is 0 Å². The third-order valence-corrected chi connectivity index (χ3v) is 6.10. The van der Waals surface area contributed by atoms with E-state index in [1.165, 1.54) is 11.1 Å². The standard InChI is InChI=1S/C27H29N7O/c1-20-9-11-23(12-10-20)29-25-30-26(33-28-19-24-8-5-17-35-24)32-27(31-25)34-15-13-22(14-16-34)18-21-6-3-2-4-7-21/h2-12,17,19,22H,13-16,18H2,1H3,(H2,29,30,31,32,33). The number of hydrogen-bond acceptors (Lipinski definition) is 8. The Balaban J connectivity index is 1.31. The number of hydrogen-bond donors (Lipinski definition) is 2. The molecule has 0 atom stereocenters. The van der Waals surface area contributed by atoms with Crippen molar-refractivity contribution >= 4 is 29.7 Å². The van der Waals surface area contributed by atoms with Gasteiger partial charge in [-0.25, -0.2) is 5.43 Å². The highest BCUT2D eigenvalue weighted by Gasteiger charge is 2.22. The van der Waals surface area contributed by atoms with Crippen LogP contribution in [0.25, 0.3) is 0 Å². The normalized spacial score (nSPS) is 14.4. The summed E-state index contributed by atoms with van der Waals surface area (Å²) >= 11 is 0. The van der Waals surface area contributed by atoms with Crippen LogP contribution in [-0.2, 0) is 6.42 Å². The summed E-state index contributed by atoms with van der Waals surface area (Å²) in [4.78, 5) is 16.1. The Kier molecular flexibility index (Phi) is 6.98. The molecular weight excluding hydrogens is 438 g/mol. The van der Waals surface area contributed by atoms with Gasteiger partial charge in [-0.3, -0.25) is 0 Å². The molecule has 4 aromatic rings. The van der Waals surface area contributed by atoms with Crippen molar-refractivity contribution in [3.63, 3.8) is 0 Å². The van der Waals surface area contributed by atoms with Crippen LogP contribution in [0.2, 0.25) is 0 Å². The molecule has 0 unspecified atom stereocenters. The number of piperidine rings is 1. The van der Waals surface area contributed by atoms with Crippen molar-refractivity contribution in [2.45, 2.75) is 26.2 Å². The second kappa shape index (κ2) is 10.8. The maximum atomic E-state index is 5.29. The number of benzene rings is 2. The molecule has 0 saturated carbocycles. The summed E-state index contributed by atoms with van der Waals surface area (Å²) in [6.45, 7) is 3.87. The fraction of sp³-hybridized carbons (Fsp3) is 0.259. The van der Waals surface area contributed by atoms with Crippen LogP contribution in [0.1, 0.15) is 29.7 Å². The first-order valence-electron chi connectivity index (χ1n) is 11.9. The van der Waals surface area contributed by atoms with Crippen molar-refractivity contribution in [3.05, 3.63) is 89.9 Å². The van der Waals surface area contributed by atoms with Crippen LogP contribution in [-0.4, -0.2) is 34.3 Å². The lowest BCUT2D eigenvalue weighted by atomic mass is 9.90. The van der Waals surface area contributed by atoms with E-state index in [1.54, 1.807) is 12.5 Å². The van der Waals surface area contributed by atoms with Crippen LogP contribution >= 0.6 is 0 Å². The summed E-state index contributed by atoms with van der Waals surface area (Å²) in [5, 5.41) is 7.52. The van der Waals surface area contributed by atoms with E-state index in [2.05, 4.69) is 80.1 Å². The van der Waals surface area contributed by atoms with Gasteiger partial charge in [0.05, 0.1) is 12.5 Å². The van der Waals surface area contributed by atoms with Crippen molar-refractivity contribution in [1.82, 2.24) is 15.0 Å². The number of rotatable bonds is 8. The quantitative estimate of drug-likeness (QED) is 0.264. The number of anilines is 4. The maximum Gasteiger partial charge on any atom is 0.250 e. The summed E-state index contributed by atoms with van der Waals surface area (Å²) in [7, 11) is 0. The predicted molar refractivity (Wildman–Crippen MR) is 139 cm³/mol. The molecular formula is C27H29N7O. The number of aromatic nitrogens is 3. The van der Waals surface area contributed by atoms with E-state index in [0.29, 0.717) is 29.5 Å². The smallest absolute Gasteiger partial charge is 0.250 e. The molecule has 0 amide bonds. The first kappa shape index (κ1) is 22.6. The number of nitrogens with one attached hydrogen (secondary N) is 2. The first-order valence-corrected chi connectivity index (χ1v) is 11.9. The van der Waals surface area contributed by atoms with Crippen LogP contribution in [0, 0.1) is 12.8 Å². The van der Waals surface area contributed by atoms with Gasteiger partial charge in [-0.05, 0) is 61.9 Å². The SMILES string of the molecule is Cc1ccc(Nc2nc(NN=Cc3ccco3)nc(N3CCC(Cc4ccccc4)CC3)n2)cc1. The molecule has 1 saturated heterocycles. The number of hydrazone groups is 1. The minimum atomic E-state index is 0.374. The van der Waals surface area contributed by atoms with E-state index >= 15 is 0 Å². The lowest BCUT2D eigenvalue weighted by Gasteiger charge is -2.32. The van der Waals surface area contributed by atoms with Crippen molar-refractivity contribution in [3.8, 4) is 0 Å². The monoisotopic (exact) mass is 467 g/mol. The van der Waals surface area contributed by atoms with E-state index in [4.69, 9.17) is 9.40 Å². The molecule has 1 aliphatic heterocycles. The third-order valence-electron chi connectivity index (χ3n) is 6.10. The Labute approximate surface area is 205 Å². The van der Waals surface area contributed by atoms with E-state index < -0.39 is 0 Å². The third kappa shape index (κ3) is 6.23. The minimum Gasteiger partial charge on any atom is -0.463 e. The highest BCUT2D eigenvalue weighted by Crippen LogP contribution is 2.25. The van der Waals surface area contributed by atoms with Crippen LogP contribution in [0.4, 0.5) is 23.5 Å². The van der Waals surface area contributed by atoms with Crippen LogP contribution < -0.4 is 15.6 Å². The van der Waals surface area contributed by atoms with Gasteiger partial charge in [-0.1, -0.05) is 48.0 Å². The van der Waals surface area contributed by atoms with Gasteiger partial charge in [0.25, 0.3) is 0 Å². The van der Waals surface area contributed by atoms with Gasteiger partial charge < -0.3 is 14.6 Å². The maximum absolute atomic E-state index is 5.29. The van der Waals surface area contributed by atoms with E-state index in [9.17, 15) is 0 Å². The largest absolute Gasteiger partial charge is 0.463 e. The highest BCUT2D eigenvalue weighted by molar-refractivity contribution is 5.76. The van der Waals surface area contributed by atoms with Gasteiger partial charge in [0, 0.05) is 18.8 Å². The molecule has 35 heavy (non-hydrogen) atoms. The van der Waals surface area contributed by atoms with Gasteiger partial charge in [-0.15, -0.1) is 0 Å². The van der Waals surface area contributed by atoms with Crippen molar-refractivity contribution in [2.24, 2.45) is 11.0 Å². The molecule has 1 fully saturated rings. The Morgan fingerprint density at radius 3 is 2.46 bits per heavy atom. The fourth-order valence-corrected chi connectivity index (χ4v) is 4.18. The molecule has 2 aromatic carbocycles. The molecule has 0 spiro atoms. The Hall–Kier alpha value is -4.20. The number of nitrogens with zero attached hydrogens (tertiary/aromatic N) is 5. The summed E-state index contributed by atoms with van der Waals surface area (Å²) in [5.41, 5.74) is 6.43. The Morgan fingerprint density at radius 1 is 0.943 bits per heavy atom. The Morgan fingerprint density at radius 2 is 1.71 bits per heavy atom. The van der Waals surface area contributed by atoms with Crippen LogP contribution in [0.5, 0.6) is 0 Å². The molecule has 3 heterocycles. The highest BCUT2D eigenvalue weighted by atomic mass is 16.3. The van der Waals surface area contributed by atoms with Gasteiger partial charge in [0.2, 0.25) is 17.8 Å². The topological polar surface area (TPSA) is 91.5 Å². The zero-order valence-corrected chi connectivity index (χ0v) is 19.8. The first-order chi connectivity index (χ1) is 17.2. The zero-order chi connectivity index (χ0) is 23.9. The van der Waals surface area contributed by atoms with Crippen LogP contribution in [0.3, 0.4) is 0 Å². The van der Waals surface area contributed by atoms with Crippen molar-refractivity contribution < 1.29 is 4.42 Å². The summed E-state index contributed by atoms with van der Waals surface area (Å²) in [6.07, 6.45) is 6.50. The van der Waals surface area contributed by atoms with Gasteiger partial charge in [0.15, 0.2) is 0 Å². The van der Waals surface area contributed by atoms with E-state index in [0.717, 1.165) is 38.0 Å². The molecule has 0 bridgehead atoms. The summed E-state index contributed by atoms with van der Waals surface area (Å²) in [6, 6.07) is 22.5. The molecule has 1 aliphatic rings.